The largest absolute Gasteiger partial charge is 0.392 e. The molecule has 122 valence electrons. The van der Waals surface area contributed by atoms with Gasteiger partial charge >= 0.3 is 0 Å². The van der Waals surface area contributed by atoms with Crippen LogP contribution in [0.2, 0.25) is 0 Å². The third-order valence-corrected chi connectivity index (χ3v) is 3.81. The average Bonchev–Trinajstić information content (AvgIpc) is 2.59. The molecule has 0 aliphatic rings. The molecule has 0 saturated carbocycles. The Balaban J connectivity index is 1.88. The second-order valence-electron chi connectivity index (χ2n) is 5.53. The minimum Gasteiger partial charge on any atom is -0.392 e. The maximum absolute atomic E-state index is 12.4. The highest BCUT2D eigenvalue weighted by molar-refractivity contribution is 5.92. The molecular weight excluding hydrogens is 306 g/mol. The number of para-hydroxylation sites is 2. The fraction of sp³-hybridized carbons (Fsp3) is 0.167. The van der Waals surface area contributed by atoms with Gasteiger partial charge in [-0.15, -0.1) is 0 Å². The summed E-state index contributed by atoms with van der Waals surface area (Å²) in [5.41, 5.74) is 3.15. The van der Waals surface area contributed by atoms with Gasteiger partial charge in [-0.3, -0.25) is 14.2 Å². The van der Waals surface area contributed by atoms with Crippen molar-refractivity contribution in [2.75, 3.05) is 5.32 Å². The van der Waals surface area contributed by atoms with Crippen molar-refractivity contribution in [1.29, 1.82) is 0 Å². The molecule has 0 spiro atoms. The molecule has 0 bridgehead atoms. The summed E-state index contributed by atoms with van der Waals surface area (Å²) in [6.45, 7) is 1.66. The zero-order valence-electron chi connectivity index (χ0n) is 13.2. The van der Waals surface area contributed by atoms with E-state index in [0.29, 0.717) is 22.3 Å². The molecule has 1 heterocycles. The molecule has 0 aliphatic heterocycles. The number of carbonyl (C=O) groups is 1. The van der Waals surface area contributed by atoms with Gasteiger partial charge in [-0.25, -0.2) is 4.98 Å². The number of benzene rings is 2. The third kappa shape index (κ3) is 3.18. The van der Waals surface area contributed by atoms with Gasteiger partial charge in [0, 0.05) is 5.69 Å². The number of hydrogen-bond acceptors (Lipinski definition) is 4. The van der Waals surface area contributed by atoms with E-state index < -0.39 is 0 Å². The summed E-state index contributed by atoms with van der Waals surface area (Å²) in [7, 11) is 0. The fourth-order valence-electron chi connectivity index (χ4n) is 2.51. The third-order valence-electron chi connectivity index (χ3n) is 3.81. The number of hydrogen-bond donors (Lipinski definition) is 2. The number of nitrogens with zero attached hydrogens (tertiary/aromatic N) is 2. The Hall–Kier alpha value is -2.99. The van der Waals surface area contributed by atoms with E-state index in [0.717, 1.165) is 5.56 Å². The Morgan fingerprint density at radius 3 is 2.83 bits per heavy atom. The molecule has 6 nitrogen and oxygen atoms in total. The summed E-state index contributed by atoms with van der Waals surface area (Å²) < 4.78 is 1.39. The topological polar surface area (TPSA) is 84.2 Å². The number of aliphatic hydroxyl groups is 1. The molecule has 0 aliphatic carbocycles. The molecule has 0 radical (unpaired) electrons. The summed E-state index contributed by atoms with van der Waals surface area (Å²) in [5, 5.41) is 12.0. The van der Waals surface area contributed by atoms with Crippen LogP contribution in [-0.2, 0) is 17.9 Å². The number of carbonyl (C=O) groups excluding carboxylic acids is 1. The zero-order chi connectivity index (χ0) is 17.1. The molecule has 0 atom stereocenters. The minimum absolute atomic E-state index is 0.0996. The van der Waals surface area contributed by atoms with Crippen molar-refractivity contribution in [3.8, 4) is 0 Å². The summed E-state index contributed by atoms with van der Waals surface area (Å²) >= 11 is 0. The SMILES string of the molecule is Cc1ccc(CO)cc1NC(=O)Cn1c(=O)cnc2ccccc21. The molecule has 3 rings (SSSR count). The molecule has 0 fully saturated rings. The van der Waals surface area contributed by atoms with Crippen LogP contribution in [0.15, 0.2) is 53.5 Å². The van der Waals surface area contributed by atoms with Crippen LogP contribution in [0.4, 0.5) is 5.69 Å². The molecule has 3 aromatic rings. The molecule has 1 amide bonds. The zero-order valence-corrected chi connectivity index (χ0v) is 13.2. The first-order valence-corrected chi connectivity index (χ1v) is 7.53. The van der Waals surface area contributed by atoms with Crippen LogP contribution >= 0.6 is 0 Å². The van der Waals surface area contributed by atoms with Crippen molar-refractivity contribution in [3.05, 3.63) is 70.1 Å². The molecule has 2 N–H and O–H groups in total. The van der Waals surface area contributed by atoms with Crippen molar-refractivity contribution in [3.63, 3.8) is 0 Å². The first-order chi connectivity index (χ1) is 11.6. The lowest BCUT2D eigenvalue weighted by atomic mass is 10.1. The molecule has 6 heteroatoms. The predicted molar refractivity (Wildman–Crippen MR) is 91.7 cm³/mol. The smallest absolute Gasteiger partial charge is 0.269 e. The number of amides is 1. The van der Waals surface area contributed by atoms with Gasteiger partial charge in [-0.1, -0.05) is 24.3 Å². The van der Waals surface area contributed by atoms with Crippen molar-refractivity contribution in [2.24, 2.45) is 0 Å². The van der Waals surface area contributed by atoms with E-state index in [9.17, 15) is 14.7 Å². The first-order valence-electron chi connectivity index (χ1n) is 7.53. The fourth-order valence-corrected chi connectivity index (χ4v) is 2.51. The van der Waals surface area contributed by atoms with E-state index >= 15 is 0 Å². The van der Waals surface area contributed by atoms with Gasteiger partial charge in [0.25, 0.3) is 5.56 Å². The summed E-state index contributed by atoms with van der Waals surface area (Å²) in [4.78, 5) is 28.5. The van der Waals surface area contributed by atoms with Crippen molar-refractivity contribution >= 4 is 22.6 Å². The van der Waals surface area contributed by atoms with Crippen LogP contribution < -0.4 is 10.9 Å². The van der Waals surface area contributed by atoms with Gasteiger partial charge in [0.1, 0.15) is 6.54 Å². The van der Waals surface area contributed by atoms with Crippen LogP contribution in [0.1, 0.15) is 11.1 Å². The number of rotatable bonds is 4. The van der Waals surface area contributed by atoms with Crippen molar-refractivity contribution in [2.45, 2.75) is 20.1 Å². The number of aromatic nitrogens is 2. The van der Waals surface area contributed by atoms with Gasteiger partial charge in [0.15, 0.2) is 0 Å². The van der Waals surface area contributed by atoms with E-state index in [1.54, 1.807) is 30.3 Å². The van der Waals surface area contributed by atoms with Gasteiger partial charge in [-0.2, -0.15) is 0 Å². The van der Waals surface area contributed by atoms with Crippen LogP contribution in [0.25, 0.3) is 11.0 Å². The summed E-state index contributed by atoms with van der Waals surface area (Å²) in [6, 6.07) is 12.5. The van der Waals surface area contributed by atoms with Gasteiger partial charge in [0.2, 0.25) is 5.91 Å². The summed E-state index contributed by atoms with van der Waals surface area (Å²) in [5.74, 6) is -0.313. The van der Waals surface area contributed by atoms with E-state index in [4.69, 9.17) is 0 Å². The molecule has 1 aromatic heterocycles. The predicted octanol–water partition coefficient (Wildman–Crippen LogP) is 1.84. The van der Waals surface area contributed by atoms with E-state index in [1.807, 2.05) is 19.1 Å². The van der Waals surface area contributed by atoms with E-state index in [2.05, 4.69) is 10.3 Å². The molecule has 0 unspecified atom stereocenters. The van der Waals surface area contributed by atoms with Crippen LogP contribution in [-0.4, -0.2) is 20.6 Å². The average molecular weight is 323 g/mol. The van der Waals surface area contributed by atoms with Gasteiger partial charge < -0.3 is 10.4 Å². The Kier molecular flexibility index (Phi) is 4.39. The number of aryl methyl sites for hydroxylation is 1. The van der Waals surface area contributed by atoms with Crippen LogP contribution in [0, 0.1) is 6.92 Å². The Morgan fingerprint density at radius 2 is 2.04 bits per heavy atom. The maximum Gasteiger partial charge on any atom is 0.269 e. The lowest BCUT2D eigenvalue weighted by Gasteiger charge is -2.12. The quantitative estimate of drug-likeness (QED) is 0.767. The number of fused-ring (bicyclic) bond motifs is 1. The van der Waals surface area contributed by atoms with Gasteiger partial charge in [0.05, 0.1) is 23.8 Å². The minimum atomic E-state index is -0.329. The normalized spacial score (nSPS) is 10.8. The highest BCUT2D eigenvalue weighted by atomic mass is 16.3. The Morgan fingerprint density at radius 1 is 1.25 bits per heavy atom. The number of nitrogens with one attached hydrogen (secondary N) is 1. The highest BCUT2D eigenvalue weighted by Gasteiger charge is 2.10. The van der Waals surface area contributed by atoms with E-state index in [-0.39, 0.29) is 24.6 Å². The first kappa shape index (κ1) is 15.9. The Labute approximate surface area is 138 Å². The van der Waals surface area contributed by atoms with Crippen LogP contribution in [0.3, 0.4) is 0 Å². The highest BCUT2D eigenvalue weighted by Crippen LogP contribution is 2.17. The molecule has 2 aromatic carbocycles. The molecule has 0 saturated heterocycles. The second-order valence-corrected chi connectivity index (χ2v) is 5.53. The lowest BCUT2D eigenvalue weighted by Crippen LogP contribution is -2.28. The Bertz CT molecular complexity index is 963. The standard InChI is InChI=1S/C18H17N3O3/c1-12-6-7-13(11-22)8-15(12)20-17(23)10-21-16-5-3-2-4-14(16)19-9-18(21)24/h2-9,22H,10-11H2,1H3,(H,20,23). The number of anilines is 1. The van der Waals surface area contributed by atoms with Crippen LogP contribution in [0.5, 0.6) is 0 Å². The second kappa shape index (κ2) is 6.64. The van der Waals surface area contributed by atoms with E-state index in [1.165, 1.54) is 10.8 Å². The lowest BCUT2D eigenvalue weighted by molar-refractivity contribution is -0.116. The van der Waals surface area contributed by atoms with Crippen molar-refractivity contribution in [1.82, 2.24) is 9.55 Å². The van der Waals surface area contributed by atoms with Crippen molar-refractivity contribution < 1.29 is 9.90 Å². The molecular formula is C18H17N3O3. The number of aliphatic hydroxyl groups excluding tert-OH is 1. The maximum atomic E-state index is 12.4. The summed E-state index contributed by atoms with van der Waals surface area (Å²) in [6.07, 6.45) is 1.22. The molecule has 24 heavy (non-hydrogen) atoms. The monoisotopic (exact) mass is 323 g/mol. The van der Waals surface area contributed by atoms with Gasteiger partial charge in [-0.05, 0) is 36.2 Å².